The third kappa shape index (κ3) is 3.23. The maximum absolute atomic E-state index is 12.3. The fourth-order valence-electron chi connectivity index (χ4n) is 2.24. The summed E-state index contributed by atoms with van der Waals surface area (Å²) < 4.78 is 0. The molecule has 0 bridgehead atoms. The minimum absolute atomic E-state index is 0.276. The van der Waals surface area contributed by atoms with Crippen LogP contribution in [0, 0.1) is 0 Å². The number of nitrogens with one attached hydrogen (secondary N) is 2. The number of fused-ring (bicyclic) bond motifs is 1. The zero-order chi connectivity index (χ0) is 16.4. The largest absolute Gasteiger partial charge is 0.360 e. The van der Waals surface area contributed by atoms with E-state index in [-0.39, 0.29) is 5.91 Å². The summed E-state index contributed by atoms with van der Waals surface area (Å²) in [5, 5.41) is 5.91. The van der Waals surface area contributed by atoms with Gasteiger partial charge in [0.15, 0.2) is 0 Å². The van der Waals surface area contributed by atoms with Crippen LogP contribution in [0.5, 0.6) is 0 Å². The number of aromatic nitrogens is 1. The van der Waals surface area contributed by atoms with E-state index in [1.807, 2.05) is 24.3 Å². The molecule has 0 saturated carbocycles. The Labute approximate surface area is 143 Å². The van der Waals surface area contributed by atoms with E-state index in [0.29, 0.717) is 21.3 Å². The Morgan fingerprint density at radius 1 is 1.13 bits per heavy atom. The lowest BCUT2D eigenvalue weighted by Crippen LogP contribution is -2.19. The summed E-state index contributed by atoms with van der Waals surface area (Å²) in [5.74, 6) is -0.276. The first-order valence-corrected chi connectivity index (χ1v) is 7.68. The van der Waals surface area contributed by atoms with Gasteiger partial charge in [0.1, 0.15) is 0 Å². The topological polar surface area (TPSA) is 57.2 Å². The van der Waals surface area contributed by atoms with E-state index in [9.17, 15) is 4.79 Å². The van der Waals surface area contributed by atoms with Gasteiger partial charge in [0.25, 0.3) is 5.91 Å². The van der Waals surface area contributed by atoms with Crippen molar-refractivity contribution in [1.29, 1.82) is 0 Å². The Morgan fingerprint density at radius 2 is 1.91 bits per heavy atom. The fraction of sp³-hybridized carbons (Fsp3) is 0.0588. The molecular weight excluding hydrogens is 333 g/mol. The summed E-state index contributed by atoms with van der Waals surface area (Å²) >= 11 is 11.9. The minimum atomic E-state index is -0.276. The first-order valence-electron chi connectivity index (χ1n) is 6.92. The maximum Gasteiger partial charge on any atom is 0.273 e. The van der Waals surface area contributed by atoms with Crippen molar-refractivity contribution in [3.63, 3.8) is 0 Å². The molecular formula is C17H13Cl2N3O. The molecule has 3 aromatic rings. The summed E-state index contributed by atoms with van der Waals surface area (Å²) in [6.07, 6.45) is 1.67. The molecule has 0 fully saturated rings. The van der Waals surface area contributed by atoms with Crippen molar-refractivity contribution in [3.05, 3.63) is 69.8 Å². The molecule has 0 unspecified atom stereocenters. The molecule has 0 atom stereocenters. The minimum Gasteiger partial charge on any atom is -0.360 e. The van der Waals surface area contributed by atoms with Crippen LogP contribution >= 0.6 is 23.2 Å². The van der Waals surface area contributed by atoms with Gasteiger partial charge in [-0.25, -0.2) is 5.43 Å². The maximum atomic E-state index is 12.3. The van der Waals surface area contributed by atoms with Crippen LogP contribution in [0.2, 0.25) is 10.0 Å². The average molecular weight is 346 g/mol. The van der Waals surface area contributed by atoms with Crippen molar-refractivity contribution in [2.45, 2.75) is 6.92 Å². The number of carbonyl (C=O) groups excluding carboxylic acids is 1. The number of aromatic amines is 1. The van der Waals surface area contributed by atoms with Gasteiger partial charge >= 0.3 is 0 Å². The monoisotopic (exact) mass is 345 g/mol. The first-order chi connectivity index (χ1) is 11.1. The molecule has 23 heavy (non-hydrogen) atoms. The van der Waals surface area contributed by atoms with Gasteiger partial charge in [-0.05, 0) is 30.7 Å². The summed E-state index contributed by atoms with van der Waals surface area (Å²) in [4.78, 5) is 15.4. The van der Waals surface area contributed by atoms with Crippen LogP contribution in [-0.4, -0.2) is 16.6 Å². The molecule has 3 rings (SSSR count). The van der Waals surface area contributed by atoms with Crippen LogP contribution in [0.1, 0.15) is 22.8 Å². The zero-order valence-corrected chi connectivity index (χ0v) is 13.7. The third-order valence-electron chi connectivity index (χ3n) is 3.50. The van der Waals surface area contributed by atoms with E-state index in [1.54, 1.807) is 31.3 Å². The lowest BCUT2D eigenvalue weighted by molar-refractivity contribution is 0.0956. The number of hydrogen-bond acceptors (Lipinski definition) is 2. The van der Waals surface area contributed by atoms with Crippen molar-refractivity contribution < 1.29 is 4.79 Å². The lowest BCUT2D eigenvalue weighted by Gasteiger charge is -2.04. The highest BCUT2D eigenvalue weighted by Gasteiger charge is 2.11. The van der Waals surface area contributed by atoms with Gasteiger partial charge in [-0.15, -0.1) is 0 Å². The van der Waals surface area contributed by atoms with E-state index in [4.69, 9.17) is 23.2 Å². The van der Waals surface area contributed by atoms with Gasteiger partial charge in [-0.1, -0.05) is 47.5 Å². The van der Waals surface area contributed by atoms with Gasteiger partial charge in [0.2, 0.25) is 0 Å². The zero-order valence-electron chi connectivity index (χ0n) is 12.2. The lowest BCUT2D eigenvalue weighted by atomic mass is 10.1. The summed E-state index contributed by atoms with van der Waals surface area (Å²) in [6, 6.07) is 12.8. The van der Waals surface area contributed by atoms with Crippen LogP contribution in [0.3, 0.4) is 0 Å². The number of carbonyl (C=O) groups is 1. The second-order valence-electron chi connectivity index (χ2n) is 5.01. The van der Waals surface area contributed by atoms with E-state index in [2.05, 4.69) is 15.5 Å². The molecule has 116 valence electrons. The van der Waals surface area contributed by atoms with Crippen LogP contribution in [0.4, 0.5) is 0 Å². The Bertz CT molecular complexity index is 915. The van der Waals surface area contributed by atoms with Crippen LogP contribution < -0.4 is 5.43 Å². The SMILES string of the molecule is C/C(=N\NC(=O)c1c[nH]c2ccccc12)c1ccc(Cl)c(Cl)c1. The standard InChI is InChI=1S/C17H13Cl2N3O/c1-10(11-6-7-14(18)15(19)8-11)21-22-17(23)13-9-20-16-5-3-2-4-12(13)16/h2-9,20H,1H3,(H,22,23)/b21-10+. The van der Waals surface area contributed by atoms with E-state index < -0.39 is 0 Å². The molecule has 4 nitrogen and oxygen atoms in total. The van der Waals surface area contributed by atoms with Crippen LogP contribution in [0.15, 0.2) is 53.8 Å². The number of rotatable bonds is 3. The normalized spacial score (nSPS) is 11.7. The van der Waals surface area contributed by atoms with Crippen molar-refractivity contribution in [3.8, 4) is 0 Å². The molecule has 1 heterocycles. The number of hydrogen-bond donors (Lipinski definition) is 2. The highest BCUT2D eigenvalue weighted by molar-refractivity contribution is 6.42. The van der Waals surface area contributed by atoms with Gasteiger partial charge in [0, 0.05) is 17.1 Å². The summed E-state index contributed by atoms with van der Waals surface area (Å²) in [6.45, 7) is 1.79. The average Bonchev–Trinajstić information content (AvgIpc) is 2.99. The molecule has 0 spiro atoms. The van der Waals surface area contributed by atoms with Crippen molar-refractivity contribution >= 4 is 45.7 Å². The number of hydrazone groups is 1. The molecule has 6 heteroatoms. The number of para-hydroxylation sites is 1. The first kappa shape index (κ1) is 15.6. The Kier molecular flexibility index (Phi) is 4.37. The molecule has 0 saturated heterocycles. The number of benzene rings is 2. The number of H-pyrrole nitrogens is 1. The van der Waals surface area contributed by atoms with Crippen molar-refractivity contribution in [2.24, 2.45) is 5.10 Å². The Morgan fingerprint density at radius 3 is 2.70 bits per heavy atom. The molecule has 2 aromatic carbocycles. The predicted octanol–water partition coefficient (Wildman–Crippen LogP) is 4.63. The van der Waals surface area contributed by atoms with Gasteiger partial charge in [-0.2, -0.15) is 5.10 Å². The smallest absolute Gasteiger partial charge is 0.273 e. The molecule has 0 aliphatic rings. The Balaban J connectivity index is 1.81. The molecule has 0 aliphatic carbocycles. The van der Waals surface area contributed by atoms with Gasteiger partial charge in [0.05, 0.1) is 21.3 Å². The molecule has 2 N–H and O–H groups in total. The molecule has 0 aliphatic heterocycles. The second kappa shape index (κ2) is 6.44. The molecule has 1 amide bonds. The van der Waals surface area contributed by atoms with Crippen molar-refractivity contribution in [2.75, 3.05) is 0 Å². The van der Waals surface area contributed by atoms with Gasteiger partial charge < -0.3 is 4.98 Å². The predicted molar refractivity (Wildman–Crippen MR) is 94.4 cm³/mol. The van der Waals surface area contributed by atoms with E-state index in [0.717, 1.165) is 16.5 Å². The van der Waals surface area contributed by atoms with Gasteiger partial charge in [-0.3, -0.25) is 4.79 Å². The Hall–Kier alpha value is -2.30. The second-order valence-corrected chi connectivity index (χ2v) is 5.83. The fourth-order valence-corrected chi connectivity index (χ4v) is 2.54. The third-order valence-corrected chi connectivity index (χ3v) is 4.24. The number of nitrogens with zero attached hydrogens (tertiary/aromatic N) is 1. The highest BCUT2D eigenvalue weighted by atomic mass is 35.5. The van der Waals surface area contributed by atoms with Crippen LogP contribution in [0.25, 0.3) is 10.9 Å². The molecule has 1 aromatic heterocycles. The summed E-state index contributed by atoms with van der Waals surface area (Å²) in [5.41, 5.74) is 5.44. The molecule has 0 radical (unpaired) electrons. The summed E-state index contributed by atoms with van der Waals surface area (Å²) in [7, 11) is 0. The number of amides is 1. The highest BCUT2D eigenvalue weighted by Crippen LogP contribution is 2.23. The van der Waals surface area contributed by atoms with Crippen LogP contribution in [-0.2, 0) is 0 Å². The van der Waals surface area contributed by atoms with E-state index >= 15 is 0 Å². The number of halogens is 2. The van der Waals surface area contributed by atoms with Crippen molar-refractivity contribution in [1.82, 2.24) is 10.4 Å². The quantitative estimate of drug-likeness (QED) is 0.527. The van der Waals surface area contributed by atoms with E-state index in [1.165, 1.54) is 0 Å².